The quantitative estimate of drug-likeness (QED) is 0.532. The van der Waals surface area contributed by atoms with Crippen LogP contribution in [0.25, 0.3) is 0 Å². The maximum absolute atomic E-state index is 12.0. The molecule has 1 aromatic rings. The largest absolute Gasteiger partial charge is 0.464 e. The van der Waals surface area contributed by atoms with Gasteiger partial charge in [-0.2, -0.15) is 0 Å². The second-order valence-electron chi connectivity index (χ2n) is 4.81. The second kappa shape index (κ2) is 9.65. The molecule has 1 N–H and O–H groups in total. The first-order chi connectivity index (χ1) is 9.67. The van der Waals surface area contributed by atoms with E-state index in [-0.39, 0.29) is 12.0 Å². The molecule has 0 aromatic heterocycles. The molecule has 0 fully saturated rings. The van der Waals surface area contributed by atoms with E-state index in [1.807, 2.05) is 31.2 Å². The Balaban J connectivity index is 2.56. The number of nitrogens with one attached hydrogen (secondary N) is 1. The second-order valence-corrected chi connectivity index (χ2v) is 5.24. The van der Waals surface area contributed by atoms with Gasteiger partial charge in [-0.15, -0.1) is 0 Å². The lowest BCUT2D eigenvalue weighted by molar-refractivity contribution is -0.144. The van der Waals surface area contributed by atoms with E-state index in [1.165, 1.54) is 12.8 Å². The Morgan fingerprint density at radius 1 is 1.20 bits per heavy atom. The lowest BCUT2D eigenvalue weighted by Crippen LogP contribution is -2.31. The highest BCUT2D eigenvalue weighted by molar-refractivity contribution is 6.30. The van der Waals surface area contributed by atoms with E-state index in [0.717, 1.165) is 24.9 Å². The van der Waals surface area contributed by atoms with E-state index >= 15 is 0 Å². The first-order valence-corrected chi connectivity index (χ1v) is 7.74. The molecule has 1 aromatic carbocycles. The number of carbonyl (C=O) groups excluding carboxylic acids is 1. The molecule has 0 heterocycles. The van der Waals surface area contributed by atoms with E-state index in [2.05, 4.69) is 12.2 Å². The molecule has 1 rings (SSSR count). The van der Waals surface area contributed by atoms with Crippen LogP contribution in [0.3, 0.4) is 0 Å². The van der Waals surface area contributed by atoms with Gasteiger partial charge in [0.2, 0.25) is 0 Å². The molecule has 0 saturated heterocycles. The molecule has 0 amide bonds. The minimum Gasteiger partial charge on any atom is -0.464 e. The molecule has 0 saturated carbocycles. The lowest BCUT2D eigenvalue weighted by atomic mass is 10.1. The number of esters is 1. The van der Waals surface area contributed by atoms with Crippen LogP contribution in [0.5, 0.6) is 0 Å². The minimum absolute atomic E-state index is 0.182. The number of carbonyl (C=O) groups is 1. The van der Waals surface area contributed by atoms with E-state index in [0.29, 0.717) is 11.6 Å². The maximum atomic E-state index is 12.0. The normalized spacial score (nSPS) is 11.9. The molecule has 0 spiro atoms. The Morgan fingerprint density at radius 3 is 2.50 bits per heavy atom. The summed E-state index contributed by atoms with van der Waals surface area (Å²) in [4.78, 5) is 12.0. The summed E-state index contributed by atoms with van der Waals surface area (Å²) in [5, 5.41) is 3.92. The summed E-state index contributed by atoms with van der Waals surface area (Å²) in [5.74, 6) is -0.182. The maximum Gasteiger partial charge on any atom is 0.328 e. The van der Waals surface area contributed by atoms with Gasteiger partial charge in [0.15, 0.2) is 0 Å². The van der Waals surface area contributed by atoms with Gasteiger partial charge in [0.25, 0.3) is 0 Å². The van der Waals surface area contributed by atoms with Crippen LogP contribution in [-0.4, -0.2) is 18.6 Å². The summed E-state index contributed by atoms with van der Waals surface area (Å²) in [5.41, 5.74) is 0.892. The standard InChI is InChI=1S/C16H24ClNO2/c1-3-5-6-7-8-15(16(19)20-4-2)18-14-11-9-13(17)10-12-14/h9-12,15,18H,3-8H2,1-2H3. The van der Waals surface area contributed by atoms with Gasteiger partial charge >= 0.3 is 5.97 Å². The summed E-state index contributed by atoms with van der Waals surface area (Å²) in [7, 11) is 0. The zero-order valence-corrected chi connectivity index (χ0v) is 13.1. The highest BCUT2D eigenvalue weighted by Gasteiger charge is 2.18. The molecule has 1 atom stereocenters. The molecule has 0 aliphatic heterocycles. The van der Waals surface area contributed by atoms with Crippen molar-refractivity contribution in [3.05, 3.63) is 29.3 Å². The van der Waals surface area contributed by atoms with E-state index in [4.69, 9.17) is 16.3 Å². The zero-order chi connectivity index (χ0) is 14.8. The van der Waals surface area contributed by atoms with Gasteiger partial charge < -0.3 is 10.1 Å². The van der Waals surface area contributed by atoms with Gasteiger partial charge in [-0.1, -0.05) is 44.2 Å². The fourth-order valence-corrected chi connectivity index (χ4v) is 2.14. The first-order valence-electron chi connectivity index (χ1n) is 7.36. The molecular formula is C16H24ClNO2. The minimum atomic E-state index is -0.284. The summed E-state index contributed by atoms with van der Waals surface area (Å²) in [6, 6.07) is 7.08. The Bertz CT molecular complexity index is 392. The highest BCUT2D eigenvalue weighted by Crippen LogP contribution is 2.17. The predicted molar refractivity (Wildman–Crippen MR) is 84.3 cm³/mol. The zero-order valence-electron chi connectivity index (χ0n) is 12.3. The van der Waals surface area contributed by atoms with Crippen molar-refractivity contribution in [1.29, 1.82) is 0 Å². The smallest absolute Gasteiger partial charge is 0.328 e. The van der Waals surface area contributed by atoms with Crippen LogP contribution in [0.4, 0.5) is 5.69 Å². The van der Waals surface area contributed by atoms with Crippen LogP contribution in [-0.2, 0) is 9.53 Å². The Kier molecular flexibility index (Phi) is 8.12. The third-order valence-corrected chi connectivity index (χ3v) is 3.35. The summed E-state index contributed by atoms with van der Waals surface area (Å²) in [6.07, 6.45) is 5.36. The van der Waals surface area contributed by atoms with E-state index in [9.17, 15) is 4.79 Å². The van der Waals surface area contributed by atoms with Gasteiger partial charge in [-0.05, 0) is 37.6 Å². The SMILES string of the molecule is CCCCCCC(Nc1ccc(Cl)cc1)C(=O)OCC. The van der Waals surface area contributed by atoms with Gasteiger partial charge in [0.1, 0.15) is 6.04 Å². The average Bonchev–Trinajstić information content (AvgIpc) is 2.44. The van der Waals surface area contributed by atoms with Crippen molar-refractivity contribution in [2.45, 2.75) is 52.0 Å². The number of hydrogen-bond donors (Lipinski definition) is 1. The Morgan fingerprint density at radius 2 is 1.90 bits per heavy atom. The molecule has 3 nitrogen and oxygen atoms in total. The molecule has 4 heteroatoms. The fourth-order valence-electron chi connectivity index (χ4n) is 2.01. The number of ether oxygens (including phenoxy) is 1. The Hall–Kier alpha value is -1.22. The van der Waals surface area contributed by atoms with E-state index in [1.54, 1.807) is 0 Å². The van der Waals surface area contributed by atoms with Crippen molar-refractivity contribution < 1.29 is 9.53 Å². The third-order valence-electron chi connectivity index (χ3n) is 3.10. The van der Waals surface area contributed by atoms with E-state index < -0.39 is 0 Å². The van der Waals surface area contributed by atoms with Crippen LogP contribution in [0.1, 0.15) is 46.0 Å². The average molecular weight is 298 g/mol. The lowest BCUT2D eigenvalue weighted by Gasteiger charge is -2.18. The third kappa shape index (κ3) is 6.29. The van der Waals surface area contributed by atoms with Crippen molar-refractivity contribution in [3.8, 4) is 0 Å². The molecule has 0 bridgehead atoms. The monoisotopic (exact) mass is 297 g/mol. The van der Waals surface area contributed by atoms with Gasteiger partial charge in [-0.3, -0.25) is 0 Å². The highest BCUT2D eigenvalue weighted by atomic mass is 35.5. The summed E-state index contributed by atoms with van der Waals surface area (Å²) >= 11 is 5.86. The molecular weight excluding hydrogens is 274 g/mol. The topological polar surface area (TPSA) is 38.3 Å². The number of rotatable bonds is 9. The predicted octanol–water partition coefficient (Wildman–Crippen LogP) is 4.65. The van der Waals surface area contributed by atoms with Crippen molar-refractivity contribution in [2.24, 2.45) is 0 Å². The fraction of sp³-hybridized carbons (Fsp3) is 0.562. The van der Waals surface area contributed by atoms with Gasteiger partial charge in [0.05, 0.1) is 6.61 Å². The van der Waals surface area contributed by atoms with Gasteiger partial charge in [-0.25, -0.2) is 4.79 Å². The van der Waals surface area contributed by atoms with Gasteiger partial charge in [0, 0.05) is 10.7 Å². The Labute approximate surface area is 126 Å². The van der Waals surface area contributed by atoms with Crippen LogP contribution in [0, 0.1) is 0 Å². The van der Waals surface area contributed by atoms with Crippen molar-refractivity contribution >= 4 is 23.3 Å². The first kappa shape index (κ1) is 16.8. The van der Waals surface area contributed by atoms with Crippen molar-refractivity contribution in [3.63, 3.8) is 0 Å². The number of anilines is 1. The molecule has 0 aliphatic rings. The van der Waals surface area contributed by atoms with Crippen molar-refractivity contribution in [1.82, 2.24) is 0 Å². The molecule has 1 unspecified atom stereocenters. The molecule has 112 valence electrons. The van der Waals surface area contributed by atoms with Crippen LogP contribution in [0.2, 0.25) is 5.02 Å². The molecule has 0 radical (unpaired) electrons. The van der Waals surface area contributed by atoms with Crippen LogP contribution >= 0.6 is 11.6 Å². The number of unbranched alkanes of at least 4 members (excludes halogenated alkanes) is 3. The van der Waals surface area contributed by atoms with Crippen molar-refractivity contribution in [2.75, 3.05) is 11.9 Å². The molecule has 0 aliphatic carbocycles. The number of benzene rings is 1. The summed E-state index contributed by atoms with van der Waals surface area (Å²) < 4.78 is 5.13. The van der Waals surface area contributed by atoms with Crippen LogP contribution in [0.15, 0.2) is 24.3 Å². The van der Waals surface area contributed by atoms with Crippen LogP contribution < -0.4 is 5.32 Å². The number of halogens is 1. The summed E-state index contributed by atoms with van der Waals surface area (Å²) in [6.45, 7) is 4.41. The number of hydrogen-bond acceptors (Lipinski definition) is 3. The molecule has 20 heavy (non-hydrogen) atoms.